The van der Waals surface area contributed by atoms with Crippen LogP contribution >= 0.6 is 11.3 Å². The summed E-state index contributed by atoms with van der Waals surface area (Å²) in [7, 11) is 4.28. The lowest BCUT2D eigenvalue weighted by atomic mass is 10.0. The van der Waals surface area contributed by atoms with E-state index in [1.54, 1.807) is 13.8 Å². The molecular formula is C23H35N7O3S. The molecule has 34 heavy (non-hydrogen) atoms. The van der Waals surface area contributed by atoms with Crippen LogP contribution in [0.5, 0.6) is 0 Å². The maximum Gasteiger partial charge on any atom is 0.350 e. The summed E-state index contributed by atoms with van der Waals surface area (Å²) in [6.45, 7) is 7.33. The maximum absolute atomic E-state index is 12.2. The Hall–Kier alpha value is -2.50. The first kappa shape index (κ1) is 24.6. The fraction of sp³-hybridized carbons (Fsp3) is 0.652. The minimum atomic E-state index is -0.358. The van der Waals surface area contributed by atoms with Gasteiger partial charge in [0, 0.05) is 38.3 Å². The van der Waals surface area contributed by atoms with Gasteiger partial charge in [0.05, 0.1) is 18.4 Å². The van der Waals surface area contributed by atoms with Gasteiger partial charge in [-0.05, 0) is 53.6 Å². The van der Waals surface area contributed by atoms with Crippen molar-refractivity contribution in [3.63, 3.8) is 0 Å². The first-order valence-electron chi connectivity index (χ1n) is 12.0. The molecule has 2 aliphatic heterocycles. The van der Waals surface area contributed by atoms with Crippen LogP contribution in [0.3, 0.4) is 0 Å². The zero-order valence-electron chi connectivity index (χ0n) is 20.5. The maximum atomic E-state index is 12.2. The normalized spacial score (nSPS) is 19.0. The summed E-state index contributed by atoms with van der Waals surface area (Å²) in [6, 6.07) is 2.60. The van der Waals surface area contributed by atoms with Crippen molar-refractivity contribution >= 4 is 40.0 Å². The minimum absolute atomic E-state index is 0.208. The molecular weight excluding hydrogens is 454 g/mol. The zero-order chi connectivity index (χ0) is 24.1. The average molecular weight is 490 g/mol. The molecule has 0 saturated carbocycles. The molecule has 2 fully saturated rings. The molecule has 0 amide bonds. The van der Waals surface area contributed by atoms with E-state index in [0.717, 1.165) is 57.0 Å². The summed E-state index contributed by atoms with van der Waals surface area (Å²) in [6.07, 6.45) is 4.55. The predicted molar refractivity (Wildman–Crippen MR) is 135 cm³/mol. The lowest BCUT2D eigenvalue weighted by molar-refractivity contribution is 0.0531. The molecule has 4 rings (SSSR count). The molecule has 4 heterocycles. The molecule has 2 aromatic rings. The van der Waals surface area contributed by atoms with Crippen LogP contribution in [0.15, 0.2) is 6.07 Å². The lowest BCUT2D eigenvalue weighted by Crippen LogP contribution is -2.42. The van der Waals surface area contributed by atoms with Crippen molar-refractivity contribution < 1.29 is 14.3 Å². The highest BCUT2D eigenvalue weighted by atomic mass is 32.1. The van der Waals surface area contributed by atoms with E-state index < -0.39 is 0 Å². The lowest BCUT2D eigenvalue weighted by Gasteiger charge is -2.36. The Morgan fingerprint density at radius 2 is 2.06 bits per heavy atom. The molecule has 0 aliphatic carbocycles. The Balaban J connectivity index is 1.53. The quantitative estimate of drug-likeness (QED) is 0.510. The Bertz CT molecular complexity index is 969. The second-order valence-electron chi connectivity index (χ2n) is 8.91. The number of aromatic nitrogens is 3. The van der Waals surface area contributed by atoms with Gasteiger partial charge in [-0.15, -0.1) is 0 Å². The first-order chi connectivity index (χ1) is 16.4. The van der Waals surface area contributed by atoms with Crippen LogP contribution < -0.4 is 15.5 Å². The summed E-state index contributed by atoms with van der Waals surface area (Å²) in [5, 5.41) is 7.20. The molecule has 1 unspecified atom stereocenters. The monoisotopic (exact) mass is 489 g/mol. The van der Waals surface area contributed by atoms with E-state index in [9.17, 15) is 4.79 Å². The highest BCUT2D eigenvalue weighted by molar-refractivity contribution is 7.17. The van der Waals surface area contributed by atoms with Gasteiger partial charge in [0.25, 0.3) is 0 Å². The number of thiazole rings is 1. The summed E-state index contributed by atoms with van der Waals surface area (Å²) in [5.74, 6) is 1.72. The van der Waals surface area contributed by atoms with Gasteiger partial charge >= 0.3 is 5.97 Å². The van der Waals surface area contributed by atoms with E-state index >= 15 is 0 Å². The molecule has 10 nitrogen and oxygen atoms in total. The SMILES string of the molecule is CCOC(=O)c1sc(Nc2nc(NCC3CCCO3)cc(N3CCC(N(C)C)CC3)n2)nc1C. The zero-order valence-corrected chi connectivity index (χ0v) is 21.3. The van der Waals surface area contributed by atoms with Crippen molar-refractivity contribution in [2.75, 3.05) is 62.5 Å². The summed E-state index contributed by atoms with van der Waals surface area (Å²) in [4.78, 5) is 31.2. The second-order valence-corrected chi connectivity index (χ2v) is 9.91. The van der Waals surface area contributed by atoms with Crippen LogP contribution in [0.2, 0.25) is 0 Å². The molecule has 186 valence electrons. The van der Waals surface area contributed by atoms with Gasteiger partial charge in [-0.1, -0.05) is 11.3 Å². The summed E-state index contributed by atoms with van der Waals surface area (Å²) in [5.41, 5.74) is 0.629. The Kier molecular flexibility index (Phi) is 8.17. The largest absolute Gasteiger partial charge is 0.462 e. The van der Waals surface area contributed by atoms with Gasteiger partial charge in [0.2, 0.25) is 5.95 Å². The number of rotatable bonds is 9. The topological polar surface area (TPSA) is 105 Å². The number of carbonyl (C=O) groups is 1. The molecule has 2 saturated heterocycles. The first-order valence-corrected chi connectivity index (χ1v) is 12.8. The third-order valence-corrected chi connectivity index (χ3v) is 7.30. The molecule has 2 aliphatic rings. The summed E-state index contributed by atoms with van der Waals surface area (Å²) >= 11 is 1.25. The van der Waals surface area contributed by atoms with Crippen molar-refractivity contribution in [2.24, 2.45) is 0 Å². The average Bonchev–Trinajstić information content (AvgIpc) is 3.47. The number of hydrogen-bond donors (Lipinski definition) is 2. The molecule has 0 aromatic carbocycles. The number of hydrogen-bond acceptors (Lipinski definition) is 11. The third kappa shape index (κ3) is 6.13. The molecule has 0 bridgehead atoms. The molecule has 11 heteroatoms. The Morgan fingerprint density at radius 1 is 1.26 bits per heavy atom. The predicted octanol–water partition coefficient (Wildman–Crippen LogP) is 3.28. The smallest absolute Gasteiger partial charge is 0.350 e. The van der Waals surface area contributed by atoms with Gasteiger partial charge in [-0.3, -0.25) is 5.32 Å². The fourth-order valence-corrected chi connectivity index (χ4v) is 5.16. The number of aryl methyl sites for hydroxylation is 1. The number of piperidine rings is 1. The fourth-order valence-electron chi connectivity index (χ4n) is 4.31. The second kappa shape index (κ2) is 11.3. The highest BCUT2D eigenvalue weighted by Crippen LogP contribution is 2.28. The number of esters is 1. The van der Waals surface area contributed by atoms with Crippen LogP contribution in [-0.4, -0.2) is 84.9 Å². The van der Waals surface area contributed by atoms with Crippen LogP contribution in [0.1, 0.15) is 48.0 Å². The number of nitrogens with zero attached hydrogens (tertiary/aromatic N) is 5. The number of nitrogens with one attached hydrogen (secondary N) is 2. The van der Waals surface area contributed by atoms with Crippen molar-refractivity contribution in [3.8, 4) is 0 Å². The molecule has 1 atom stereocenters. The minimum Gasteiger partial charge on any atom is -0.462 e. The summed E-state index contributed by atoms with van der Waals surface area (Å²) < 4.78 is 10.9. The van der Waals surface area contributed by atoms with E-state index in [2.05, 4.69) is 44.5 Å². The van der Waals surface area contributed by atoms with E-state index in [4.69, 9.17) is 14.5 Å². The number of carbonyl (C=O) groups excluding carboxylic acids is 1. The van der Waals surface area contributed by atoms with Crippen molar-refractivity contribution in [2.45, 2.75) is 51.7 Å². The van der Waals surface area contributed by atoms with Crippen LogP contribution in [0, 0.1) is 6.92 Å². The third-order valence-electron chi connectivity index (χ3n) is 6.24. The standard InChI is InChI=1S/C23H35N7O3S/c1-5-32-21(31)20-15(2)25-23(34-20)28-22-26-18(24-14-17-7-6-12-33-17)13-19(27-22)30-10-8-16(9-11-30)29(3)4/h13,16-17H,5-12,14H2,1-4H3,(H2,24,25,26,27,28). The van der Waals surface area contributed by atoms with E-state index in [-0.39, 0.29) is 12.1 Å². The highest BCUT2D eigenvalue weighted by Gasteiger charge is 2.23. The molecule has 2 N–H and O–H groups in total. The van der Waals surface area contributed by atoms with Crippen LogP contribution in [0.4, 0.5) is 22.7 Å². The van der Waals surface area contributed by atoms with Crippen LogP contribution in [-0.2, 0) is 9.47 Å². The van der Waals surface area contributed by atoms with Crippen molar-refractivity contribution in [1.29, 1.82) is 0 Å². The van der Waals surface area contributed by atoms with E-state index in [1.807, 2.05) is 6.07 Å². The Morgan fingerprint density at radius 3 is 2.74 bits per heavy atom. The Labute approximate surface area is 205 Å². The van der Waals surface area contributed by atoms with Gasteiger partial charge in [-0.2, -0.15) is 9.97 Å². The van der Waals surface area contributed by atoms with E-state index in [1.165, 1.54) is 11.3 Å². The van der Waals surface area contributed by atoms with Gasteiger partial charge in [0.15, 0.2) is 5.13 Å². The molecule has 0 spiro atoms. The number of anilines is 4. The van der Waals surface area contributed by atoms with Gasteiger partial charge in [-0.25, -0.2) is 9.78 Å². The van der Waals surface area contributed by atoms with Crippen LogP contribution in [0.25, 0.3) is 0 Å². The molecule has 0 radical (unpaired) electrons. The van der Waals surface area contributed by atoms with E-state index in [0.29, 0.717) is 40.8 Å². The van der Waals surface area contributed by atoms with Gasteiger partial charge < -0.3 is 24.6 Å². The van der Waals surface area contributed by atoms with Crippen molar-refractivity contribution in [1.82, 2.24) is 19.9 Å². The van der Waals surface area contributed by atoms with Crippen molar-refractivity contribution in [3.05, 3.63) is 16.6 Å². The molecule has 2 aromatic heterocycles. The number of ether oxygens (including phenoxy) is 2. The van der Waals surface area contributed by atoms with Gasteiger partial charge in [0.1, 0.15) is 16.5 Å².